The molecule has 1 atom stereocenters. The Hall–Kier alpha value is -1.39. The predicted octanol–water partition coefficient (Wildman–Crippen LogP) is 0.738. The van der Waals surface area contributed by atoms with Gasteiger partial charge in [0.25, 0.3) is 0 Å². The highest BCUT2D eigenvalue weighted by atomic mass is 16.6. The van der Waals surface area contributed by atoms with E-state index < -0.39 is 18.2 Å². The van der Waals surface area contributed by atoms with Gasteiger partial charge < -0.3 is 14.9 Å². The number of ether oxygens (including phenoxy) is 1. The molecule has 0 saturated carbocycles. The Balaban J connectivity index is 3.04. The fourth-order valence-corrected chi connectivity index (χ4v) is 1.35. The van der Waals surface area contributed by atoms with E-state index in [1.165, 1.54) is 0 Å². The van der Waals surface area contributed by atoms with Crippen molar-refractivity contribution in [3.05, 3.63) is 35.4 Å². The molecule has 4 heteroatoms. The molecule has 0 saturated heterocycles. The van der Waals surface area contributed by atoms with E-state index in [0.29, 0.717) is 5.56 Å². The van der Waals surface area contributed by atoms with E-state index in [4.69, 9.17) is 9.84 Å². The van der Waals surface area contributed by atoms with Crippen molar-refractivity contribution < 1.29 is 19.7 Å². The van der Waals surface area contributed by atoms with Crippen LogP contribution in [0.3, 0.4) is 0 Å². The van der Waals surface area contributed by atoms with Crippen molar-refractivity contribution in [3.63, 3.8) is 0 Å². The molecule has 0 spiro atoms. The molecule has 1 aromatic carbocycles. The molecule has 0 aliphatic heterocycles. The van der Waals surface area contributed by atoms with Gasteiger partial charge in [0.05, 0.1) is 13.2 Å². The van der Waals surface area contributed by atoms with E-state index in [1.54, 1.807) is 31.2 Å². The Labute approximate surface area is 94.5 Å². The number of hydrogen-bond acceptors (Lipinski definition) is 4. The van der Waals surface area contributed by atoms with Crippen molar-refractivity contribution in [1.29, 1.82) is 0 Å². The molecule has 2 N–H and O–H groups in total. The van der Waals surface area contributed by atoms with Gasteiger partial charge in [0.2, 0.25) is 5.60 Å². The highest BCUT2D eigenvalue weighted by Crippen LogP contribution is 2.22. The smallest absolute Gasteiger partial charge is 0.345 e. The predicted molar refractivity (Wildman–Crippen MR) is 58.8 cm³/mol. The second-order valence-electron chi connectivity index (χ2n) is 3.60. The zero-order chi connectivity index (χ0) is 12.2. The molecule has 1 aromatic rings. The van der Waals surface area contributed by atoms with Crippen molar-refractivity contribution in [2.45, 2.75) is 19.4 Å². The summed E-state index contributed by atoms with van der Waals surface area (Å²) in [5.41, 5.74) is -0.629. The summed E-state index contributed by atoms with van der Waals surface area (Å²) in [6, 6.07) is 6.72. The van der Waals surface area contributed by atoms with Crippen LogP contribution in [0.2, 0.25) is 0 Å². The van der Waals surface area contributed by atoms with Crippen molar-refractivity contribution >= 4 is 5.97 Å². The maximum absolute atomic E-state index is 11.5. The van der Waals surface area contributed by atoms with E-state index in [0.717, 1.165) is 5.56 Å². The van der Waals surface area contributed by atoms with Crippen LogP contribution >= 0.6 is 0 Å². The summed E-state index contributed by atoms with van der Waals surface area (Å²) in [5.74, 6) is -0.832. The fraction of sp³-hybridized carbons (Fsp3) is 0.417. The van der Waals surface area contributed by atoms with E-state index in [9.17, 15) is 9.90 Å². The number of benzene rings is 1. The Morgan fingerprint density at radius 2 is 1.94 bits per heavy atom. The molecule has 1 rings (SSSR count). The third kappa shape index (κ3) is 2.40. The molecule has 1 unspecified atom stereocenters. The summed E-state index contributed by atoms with van der Waals surface area (Å²) in [7, 11) is 0. The number of rotatable bonds is 4. The molecule has 16 heavy (non-hydrogen) atoms. The third-order valence-corrected chi connectivity index (χ3v) is 2.37. The molecular formula is C12H16O4. The second-order valence-corrected chi connectivity index (χ2v) is 3.60. The summed E-state index contributed by atoms with van der Waals surface area (Å²) < 4.78 is 4.73. The van der Waals surface area contributed by atoms with Crippen molar-refractivity contribution in [2.75, 3.05) is 13.2 Å². The van der Waals surface area contributed by atoms with Gasteiger partial charge in [-0.2, -0.15) is 0 Å². The van der Waals surface area contributed by atoms with Gasteiger partial charge >= 0.3 is 5.97 Å². The highest BCUT2D eigenvalue weighted by Gasteiger charge is 2.38. The molecule has 4 nitrogen and oxygen atoms in total. The van der Waals surface area contributed by atoms with Crippen LogP contribution in [0.25, 0.3) is 0 Å². The summed E-state index contributed by atoms with van der Waals surface area (Å²) in [4.78, 5) is 11.5. The number of aliphatic hydroxyl groups excluding tert-OH is 1. The standard InChI is InChI=1S/C12H16O4/c1-3-16-11(14)12(15,8-13)10-6-4-9(2)5-7-10/h4-7,13,15H,3,8H2,1-2H3. The van der Waals surface area contributed by atoms with Gasteiger partial charge in [-0.15, -0.1) is 0 Å². The minimum Gasteiger partial charge on any atom is -0.464 e. The lowest BCUT2D eigenvalue weighted by Crippen LogP contribution is -2.40. The maximum atomic E-state index is 11.5. The number of aliphatic hydroxyl groups is 2. The van der Waals surface area contributed by atoms with Crippen LogP contribution in [0.5, 0.6) is 0 Å². The van der Waals surface area contributed by atoms with Crippen LogP contribution in [-0.2, 0) is 15.1 Å². The number of carbonyl (C=O) groups is 1. The first kappa shape index (κ1) is 12.7. The lowest BCUT2D eigenvalue weighted by atomic mass is 9.94. The Morgan fingerprint density at radius 1 is 1.38 bits per heavy atom. The van der Waals surface area contributed by atoms with Crippen LogP contribution in [0.15, 0.2) is 24.3 Å². The van der Waals surface area contributed by atoms with Gasteiger partial charge in [-0.1, -0.05) is 29.8 Å². The Kier molecular flexibility index (Phi) is 4.04. The third-order valence-electron chi connectivity index (χ3n) is 2.37. The first-order valence-corrected chi connectivity index (χ1v) is 5.12. The Bertz CT molecular complexity index is 358. The number of hydrogen-bond donors (Lipinski definition) is 2. The van der Waals surface area contributed by atoms with Crippen molar-refractivity contribution in [3.8, 4) is 0 Å². The van der Waals surface area contributed by atoms with Gasteiger partial charge in [-0.05, 0) is 19.4 Å². The zero-order valence-electron chi connectivity index (χ0n) is 9.43. The molecule has 0 aliphatic rings. The molecule has 0 bridgehead atoms. The molecule has 0 aromatic heterocycles. The summed E-state index contributed by atoms with van der Waals surface area (Å²) >= 11 is 0. The van der Waals surface area contributed by atoms with Crippen molar-refractivity contribution in [2.24, 2.45) is 0 Å². The van der Waals surface area contributed by atoms with Gasteiger partial charge in [-0.25, -0.2) is 4.79 Å². The molecule has 0 amide bonds. The average molecular weight is 224 g/mol. The van der Waals surface area contributed by atoms with Crippen LogP contribution < -0.4 is 0 Å². The second kappa shape index (κ2) is 5.09. The average Bonchev–Trinajstić information content (AvgIpc) is 2.29. The summed E-state index contributed by atoms with van der Waals surface area (Å²) in [6.45, 7) is 3.00. The lowest BCUT2D eigenvalue weighted by Gasteiger charge is -2.23. The largest absolute Gasteiger partial charge is 0.464 e. The number of esters is 1. The van der Waals surface area contributed by atoms with E-state index in [1.807, 2.05) is 6.92 Å². The summed E-state index contributed by atoms with van der Waals surface area (Å²) in [6.07, 6.45) is 0. The zero-order valence-corrected chi connectivity index (χ0v) is 9.43. The molecular weight excluding hydrogens is 208 g/mol. The van der Waals surface area contributed by atoms with Crippen LogP contribution in [0.1, 0.15) is 18.1 Å². The van der Waals surface area contributed by atoms with Gasteiger partial charge in [-0.3, -0.25) is 0 Å². The fourth-order valence-electron chi connectivity index (χ4n) is 1.35. The first-order valence-electron chi connectivity index (χ1n) is 5.12. The molecule has 0 fully saturated rings. The van der Waals surface area contributed by atoms with Crippen LogP contribution in [-0.4, -0.2) is 29.4 Å². The minimum atomic E-state index is -1.97. The summed E-state index contributed by atoms with van der Waals surface area (Å²) in [5, 5.41) is 19.2. The van der Waals surface area contributed by atoms with Crippen molar-refractivity contribution in [1.82, 2.24) is 0 Å². The lowest BCUT2D eigenvalue weighted by molar-refractivity contribution is -0.170. The highest BCUT2D eigenvalue weighted by molar-refractivity contribution is 5.81. The SMILES string of the molecule is CCOC(=O)C(O)(CO)c1ccc(C)cc1. The molecule has 0 heterocycles. The maximum Gasteiger partial charge on any atom is 0.345 e. The van der Waals surface area contributed by atoms with E-state index >= 15 is 0 Å². The van der Waals surface area contributed by atoms with Crippen LogP contribution in [0, 0.1) is 6.92 Å². The molecule has 0 radical (unpaired) electrons. The normalized spacial score (nSPS) is 14.2. The number of carbonyl (C=O) groups excluding carboxylic acids is 1. The van der Waals surface area contributed by atoms with Gasteiger partial charge in [0.15, 0.2) is 0 Å². The number of aryl methyl sites for hydroxylation is 1. The first-order chi connectivity index (χ1) is 7.54. The monoisotopic (exact) mass is 224 g/mol. The minimum absolute atomic E-state index is 0.160. The Morgan fingerprint density at radius 3 is 2.38 bits per heavy atom. The van der Waals surface area contributed by atoms with E-state index in [-0.39, 0.29) is 6.61 Å². The van der Waals surface area contributed by atoms with Crippen LogP contribution in [0.4, 0.5) is 0 Å². The molecule has 0 aliphatic carbocycles. The van der Waals surface area contributed by atoms with Gasteiger partial charge in [0, 0.05) is 0 Å². The van der Waals surface area contributed by atoms with E-state index in [2.05, 4.69) is 0 Å². The quantitative estimate of drug-likeness (QED) is 0.740. The topological polar surface area (TPSA) is 66.8 Å². The molecule has 88 valence electrons. The van der Waals surface area contributed by atoms with Gasteiger partial charge in [0.1, 0.15) is 0 Å².